The number of aliphatic hydroxyl groups excluding tert-OH is 1. The van der Waals surface area contributed by atoms with Crippen LogP contribution in [0.5, 0.6) is 5.75 Å². The van der Waals surface area contributed by atoms with Gasteiger partial charge in [0.1, 0.15) is 11.8 Å². The Bertz CT molecular complexity index is 557. The van der Waals surface area contributed by atoms with E-state index >= 15 is 0 Å². The molecule has 21 heavy (non-hydrogen) atoms. The average Bonchev–Trinajstić information content (AvgIpc) is 2.52. The molecule has 2 rings (SSSR count). The second kappa shape index (κ2) is 6.13. The van der Waals surface area contributed by atoms with Crippen LogP contribution in [0.25, 0.3) is 0 Å². The Kier molecular flexibility index (Phi) is 4.47. The van der Waals surface area contributed by atoms with Crippen molar-refractivity contribution in [3.05, 3.63) is 23.8 Å². The Morgan fingerprint density at radius 1 is 1.52 bits per heavy atom. The van der Waals surface area contributed by atoms with E-state index in [2.05, 4.69) is 0 Å². The largest absolute Gasteiger partial charge is 0.478 e. The third-order valence-electron chi connectivity index (χ3n) is 3.55. The van der Waals surface area contributed by atoms with E-state index in [-0.39, 0.29) is 12.5 Å². The zero-order chi connectivity index (χ0) is 15.6. The normalized spacial score (nSPS) is 18.8. The molecule has 1 aliphatic rings. The van der Waals surface area contributed by atoms with Crippen molar-refractivity contribution in [3.63, 3.8) is 0 Å². The lowest BCUT2D eigenvalue weighted by molar-refractivity contribution is -0.144. The fraction of sp³-hybridized carbons (Fsp3) is 0.467. The summed E-state index contributed by atoms with van der Waals surface area (Å²) >= 11 is 0. The first kappa shape index (κ1) is 15.3. The van der Waals surface area contributed by atoms with Crippen molar-refractivity contribution in [3.8, 4) is 5.75 Å². The molecule has 2 atom stereocenters. The van der Waals surface area contributed by atoms with Gasteiger partial charge in [-0.2, -0.15) is 0 Å². The standard InChI is InChI=1S/C15H19NO5/c1-4-12-14(18)16(9(2)15(19)20-3)11-7-10(8-17)5-6-13(11)21-12/h5-7,9,12,17H,4,8H2,1-3H3. The fourth-order valence-corrected chi connectivity index (χ4v) is 2.36. The molecular formula is C15H19NO5. The highest BCUT2D eigenvalue weighted by molar-refractivity contribution is 6.04. The second-order valence-corrected chi connectivity index (χ2v) is 4.88. The first-order chi connectivity index (χ1) is 10.0. The van der Waals surface area contributed by atoms with E-state index < -0.39 is 18.1 Å². The molecule has 0 bridgehead atoms. The SMILES string of the molecule is CCC1Oc2ccc(CO)cc2N(C(C)C(=O)OC)C1=O. The van der Waals surface area contributed by atoms with Crippen molar-refractivity contribution >= 4 is 17.6 Å². The molecule has 0 aromatic heterocycles. The summed E-state index contributed by atoms with van der Waals surface area (Å²) in [5.41, 5.74) is 1.12. The molecule has 1 aliphatic heterocycles. The lowest BCUT2D eigenvalue weighted by Crippen LogP contribution is -2.52. The van der Waals surface area contributed by atoms with Crippen LogP contribution in [-0.4, -0.2) is 36.2 Å². The molecule has 1 amide bonds. The highest BCUT2D eigenvalue weighted by Gasteiger charge is 2.38. The van der Waals surface area contributed by atoms with Crippen molar-refractivity contribution in [2.24, 2.45) is 0 Å². The predicted octanol–water partition coefficient (Wildman–Crippen LogP) is 1.24. The number of carbonyl (C=O) groups excluding carboxylic acids is 2. The van der Waals surface area contributed by atoms with Gasteiger partial charge in [0.05, 0.1) is 19.4 Å². The Morgan fingerprint density at radius 2 is 2.24 bits per heavy atom. The Balaban J connectivity index is 2.50. The van der Waals surface area contributed by atoms with Gasteiger partial charge in [-0.1, -0.05) is 13.0 Å². The average molecular weight is 293 g/mol. The summed E-state index contributed by atoms with van der Waals surface area (Å²) in [5.74, 6) is -0.257. The van der Waals surface area contributed by atoms with Crippen molar-refractivity contribution in [2.75, 3.05) is 12.0 Å². The summed E-state index contributed by atoms with van der Waals surface area (Å²) in [6, 6.07) is 4.32. The number of carbonyl (C=O) groups is 2. The number of hydrogen-bond donors (Lipinski definition) is 1. The minimum Gasteiger partial charge on any atom is -0.478 e. The fourth-order valence-electron chi connectivity index (χ4n) is 2.36. The lowest BCUT2D eigenvalue weighted by Gasteiger charge is -2.36. The molecule has 114 valence electrons. The molecule has 6 nitrogen and oxygen atoms in total. The number of aliphatic hydroxyl groups is 1. The number of anilines is 1. The van der Waals surface area contributed by atoms with Gasteiger partial charge < -0.3 is 14.6 Å². The highest BCUT2D eigenvalue weighted by Crippen LogP contribution is 2.37. The molecule has 0 saturated carbocycles. The van der Waals surface area contributed by atoms with E-state index in [1.54, 1.807) is 25.1 Å². The summed E-state index contributed by atoms with van der Waals surface area (Å²) in [6.45, 7) is 3.30. The maximum Gasteiger partial charge on any atom is 0.328 e. The van der Waals surface area contributed by atoms with E-state index in [1.807, 2.05) is 6.92 Å². The van der Waals surface area contributed by atoms with Crippen LogP contribution in [0.2, 0.25) is 0 Å². The van der Waals surface area contributed by atoms with Crippen LogP contribution in [0.15, 0.2) is 18.2 Å². The monoisotopic (exact) mass is 293 g/mol. The first-order valence-corrected chi connectivity index (χ1v) is 6.84. The number of hydrogen-bond acceptors (Lipinski definition) is 5. The first-order valence-electron chi connectivity index (χ1n) is 6.84. The third-order valence-corrected chi connectivity index (χ3v) is 3.55. The summed E-state index contributed by atoms with van der Waals surface area (Å²) in [4.78, 5) is 25.7. The predicted molar refractivity (Wildman–Crippen MR) is 76.0 cm³/mol. The molecule has 1 aromatic rings. The van der Waals surface area contributed by atoms with Crippen molar-refractivity contribution < 1.29 is 24.2 Å². The zero-order valence-electron chi connectivity index (χ0n) is 12.3. The second-order valence-electron chi connectivity index (χ2n) is 4.88. The Labute approximate surface area is 123 Å². The molecule has 1 heterocycles. The lowest BCUT2D eigenvalue weighted by atomic mass is 10.1. The molecule has 0 saturated heterocycles. The van der Waals surface area contributed by atoms with Gasteiger partial charge in [-0.05, 0) is 31.0 Å². The number of ether oxygens (including phenoxy) is 2. The topological polar surface area (TPSA) is 76.1 Å². The zero-order valence-corrected chi connectivity index (χ0v) is 12.3. The number of nitrogens with zero attached hydrogens (tertiary/aromatic N) is 1. The highest BCUT2D eigenvalue weighted by atomic mass is 16.5. The minimum absolute atomic E-state index is 0.154. The molecule has 1 aromatic carbocycles. The van der Waals surface area contributed by atoms with Gasteiger partial charge in [0.2, 0.25) is 0 Å². The summed E-state index contributed by atoms with van der Waals surface area (Å²) in [6.07, 6.45) is -0.116. The van der Waals surface area contributed by atoms with Crippen LogP contribution < -0.4 is 9.64 Å². The molecule has 0 aliphatic carbocycles. The van der Waals surface area contributed by atoms with Gasteiger partial charge in [0.15, 0.2) is 6.10 Å². The van der Waals surface area contributed by atoms with Crippen molar-refractivity contribution in [2.45, 2.75) is 39.0 Å². The van der Waals surface area contributed by atoms with Crippen molar-refractivity contribution in [1.29, 1.82) is 0 Å². The quantitative estimate of drug-likeness (QED) is 0.845. The molecule has 0 spiro atoms. The van der Waals surface area contributed by atoms with E-state index in [9.17, 15) is 14.7 Å². The van der Waals surface area contributed by atoms with Crippen LogP contribution in [0.4, 0.5) is 5.69 Å². The van der Waals surface area contributed by atoms with Crippen molar-refractivity contribution in [1.82, 2.24) is 0 Å². The number of amides is 1. The van der Waals surface area contributed by atoms with Gasteiger partial charge in [-0.3, -0.25) is 9.69 Å². The molecule has 6 heteroatoms. The molecule has 1 N–H and O–H groups in total. The van der Waals surface area contributed by atoms with E-state index in [4.69, 9.17) is 9.47 Å². The maximum atomic E-state index is 12.5. The van der Waals surface area contributed by atoms with E-state index in [0.717, 1.165) is 0 Å². The number of esters is 1. The summed E-state index contributed by atoms with van der Waals surface area (Å²) < 4.78 is 10.4. The van der Waals surface area contributed by atoms with Crippen LogP contribution in [0.1, 0.15) is 25.8 Å². The van der Waals surface area contributed by atoms with E-state index in [1.165, 1.54) is 12.0 Å². The molecular weight excluding hydrogens is 274 g/mol. The van der Waals surface area contributed by atoms with Crippen LogP contribution in [-0.2, 0) is 20.9 Å². The van der Waals surface area contributed by atoms with Crippen LogP contribution >= 0.6 is 0 Å². The van der Waals surface area contributed by atoms with Gasteiger partial charge in [-0.25, -0.2) is 4.79 Å². The minimum atomic E-state index is -0.756. The maximum absolute atomic E-state index is 12.5. The summed E-state index contributed by atoms with van der Waals surface area (Å²) in [5, 5.41) is 9.25. The van der Waals surface area contributed by atoms with Gasteiger partial charge in [0.25, 0.3) is 5.91 Å². The number of methoxy groups -OCH3 is 1. The third kappa shape index (κ3) is 2.71. The Hall–Kier alpha value is -2.08. The van der Waals surface area contributed by atoms with Gasteiger partial charge >= 0.3 is 5.97 Å². The van der Waals surface area contributed by atoms with Gasteiger partial charge in [-0.15, -0.1) is 0 Å². The van der Waals surface area contributed by atoms with Crippen LogP contribution in [0.3, 0.4) is 0 Å². The Morgan fingerprint density at radius 3 is 2.81 bits per heavy atom. The number of rotatable bonds is 4. The van der Waals surface area contributed by atoms with E-state index in [0.29, 0.717) is 23.4 Å². The molecule has 2 unspecified atom stereocenters. The van der Waals surface area contributed by atoms with Gasteiger partial charge in [0, 0.05) is 0 Å². The number of benzene rings is 1. The smallest absolute Gasteiger partial charge is 0.328 e. The number of fused-ring (bicyclic) bond motifs is 1. The molecule has 0 radical (unpaired) electrons. The van der Waals surface area contributed by atoms with Crippen LogP contribution in [0, 0.1) is 0 Å². The summed E-state index contributed by atoms with van der Waals surface area (Å²) in [7, 11) is 1.28. The molecule has 0 fully saturated rings.